The Hall–Kier alpha value is -3.16. The van der Waals surface area contributed by atoms with Crippen molar-refractivity contribution in [1.29, 1.82) is 0 Å². The van der Waals surface area contributed by atoms with Crippen molar-refractivity contribution >= 4 is 29.1 Å². The predicted molar refractivity (Wildman–Crippen MR) is 118 cm³/mol. The molecule has 0 saturated heterocycles. The highest BCUT2D eigenvalue weighted by molar-refractivity contribution is 6.32. The lowest BCUT2D eigenvalue weighted by Gasteiger charge is -2.11. The van der Waals surface area contributed by atoms with Crippen molar-refractivity contribution in [3.05, 3.63) is 76.6 Å². The summed E-state index contributed by atoms with van der Waals surface area (Å²) in [5.74, 6) is -0.323. The normalized spacial score (nSPS) is 10.8. The average molecular weight is 426 g/mol. The van der Waals surface area contributed by atoms with Gasteiger partial charge in [0.1, 0.15) is 0 Å². The maximum absolute atomic E-state index is 12.7. The monoisotopic (exact) mass is 425 g/mol. The molecule has 8 heteroatoms. The minimum atomic E-state index is -0.229. The quantitative estimate of drug-likeness (QED) is 0.609. The van der Waals surface area contributed by atoms with Crippen molar-refractivity contribution in [1.82, 2.24) is 20.0 Å². The Kier molecular flexibility index (Phi) is 6.87. The fourth-order valence-electron chi connectivity index (χ4n) is 3.02. The molecule has 0 aliphatic rings. The second kappa shape index (κ2) is 9.56. The van der Waals surface area contributed by atoms with E-state index >= 15 is 0 Å². The SMILES string of the molecule is Cc1c(C(=O)NCc2cccc(NC(=O)CN(C)C)c2)cnn1-c1ccccc1Cl. The lowest BCUT2D eigenvalue weighted by molar-refractivity contribution is -0.116. The summed E-state index contributed by atoms with van der Waals surface area (Å²) in [6.07, 6.45) is 1.53. The maximum Gasteiger partial charge on any atom is 0.255 e. The summed E-state index contributed by atoms with van der Waals surface area (Å²) in [5, 5.41) is 10.6. The van der Waals surface area contributed by atoms with Gasteiger partial charge in [0, 0.05) is 12.2 Å². The van der Waals surface area contributed by atoms with Crippen molar-refractivity contribution in [2.75, 3.05) is 26.0 Å². The topological polar surface area (TPSA) is 79.3 Å². The van der Waals surface area contributed by atoms with Crippen LogP contribution < -0.4 is 10.6 Å². The molecule has 1 heterocycles. The van der Waals surface area contributed by atoms with Gasteiger partial charge in [0.2, 0.25) is 5.91 Å². The average Bonchev–Trinajstić information content (AvgIpc) is 3.07. The minimum absolute atomic E-state index is 0.0937. The number of halogens is 1. The van der Waals surface area contributed by atoms with Crippen molar-refractivity contribution in [2.24, 2.45) is 0 Å². The predicted octanol–water partition coefficient (Wildman–Crippen LogP) is 3.26. The van der Waals surface area contributed by atoms with E-state index in [1.807, 2.05) is 63.5 Å². The molecule has 0 bridgehead atoms. The third-order valence-corrected chi connectivity index (χ3v) is 4.78. The number of aromatic nitrogens is 2. The number of para-hydroxylation sites is 1. The third kappa shape index (κ3) is 5.25. The first-order valence-electron chi connectivity index (χ1n) is 9.46. The largest absolute Gasteiger partial charge is 0.348 e. The van der Waals surface area contributed by atoms with Gasteiger partial charge in [0.15, 0.2) is 0 Å². The van der Waals surface area contributed by atoms with E-state index in [0.29, 0.717) is 35.1 Å². The summed E-state index contributed by atoms with van der Waals surface area (Å²) in [4.78, 5) is 26.4. The standard InChI is InChI=1S/C22H24ClN5O2/c1-15-18(13-25-28(15)20-10-5-4-9-19(20)23)22(30)24-12-16-7-6-8-17(11-16)26-21(29)14-27(2)3/h4-11,13H,12,14H2,1-3H3,(H,24,30)(H,26,29). The first-order chi connectivity index (χ1) is 14.3. The molecule has 0 spiro atoms. The van der Waals surface area contributed by atoms with E-state index in [2.05, 4.69) is 15.7 Å². The number of benzene rings is 2. The molecule has 30 heavy (non-hydrogen) atoms. The summed E-state index contributed by atoms with van der Waals surface area (Å²) in [6.45, 7) is 2.45. The Morgan fingerprint density at radius 2 is 1.90 bits per heavy atom. The van der Waals surface area contributed by atoms with Crippen LogP contribution in [0.3, 0.4) is 0 Å². The van der Waals surface area contributed by atoms with E-state index in [0.717, 1.165) is 11.3 Å². The van der Waals surface area contributed by atoms with Gasteiger partial charge in [-0.3, -0.25) is 9.59 Å². The van der Waals surface area contributed by atoms with Gasteiger partial charge in [0.25, 0.3) is 5.91 Å². The molecule has 2 N–H and O–H groups in total. The van der Waals surface area contributed by atoms with Crippen LogP contribution in [0, 0.1) is 6.92 Å². The maximum atomic E-state index is 12.7. The first-order valence-corrected chi connectivity index (χ1v) is 9.84. The minimum Gasteiger partial charge on any atom is -0.348 e. The summed E-state index contributed by atoms with van der Waals surface area (Å²) in [5.41, 5.74) is 3.46. The number of hydrogen-bond acceptors (Lipinski definition) is 4. The third-order valence-electron chi connectivity index (χ3n) is 4.46. The molecule has 7 nitrogen and oxygen atoms in total. The van der Waals surface area contributed by atoms with Crippen LogP contribution >= 0.6 is 11.6 Å². The highest BCUT2D eigenvalue weighted by Crippen LogP contribution is 2.22. The molecule has 0 radical (unpaired) electrons. The van der Waals surface area contributed by atoms with Crippen molar-refractivity contribution < 1.29 is 9.59 Å². The number of amides is 2. The fraction of sp³-hybridized carbons (Fsp3) is 0.227. The van der Waals surface area contributed by atoms with Crippen molar-refractivity contribution in [3.8, 4) is 5.69 Å². The van der Waals surface area contributed by atoms with E-state index in [4.69, 9.17) is 11.6 Å². The van der Waals surface area contributed by atoms with Gasteiger partial charge in [-0.25, -0.2) is 4.68 Å². The van der Waals surface area contributed by atoms with Gasteiger partial charge >= 0.3 is 0 Å². The number of carbonyl (C=O) groups is 2. The van der Waals surface area contributed by atoms with Gasteiger partial charge in [-0.15, -0.1) is 0 Å². The van der Waals surface area contributed by atoms with Crippen LogP contribution in [0.5, 0.6) is 0 Å². The zero-order chi connectivity index (χ0) is 21.7. The Morgan fingerprint density at radius 3 is 2.63 bits per heavy atom. The van der Waals surface area contributed by atoms with Crippen LogP contribution in [0.2, 0.25) is 5.02 Å². The Morgan fingerprint density at radius 1 is 1.13 bits per heavy atom. The van der Waals surface area contributed by atoms with Crippen molar-refractivity contribution in [2.45, 2.75) is 13.5 Å². The molecule has 156 valence electrons. The number of hydrogen-bond donors (Lipinski definition) is 2. The molecule has 0 saturated carbocycles. The number of anilines is 1. The Labute approximate surface area is 180 Å². The summed E-state index contributed by atoms with van der Waals surface area (Å²) in [7, 11) is 3.67. The summed E-state index contributed by atoms with van der Waals surface area (Å²) in [6, 6.07) is 14.7. The van der Waals surface area contributed by atoms with Gasteiger partial charge in [0.05, 0.1) is 34.7 Å². The Balaban J connectivity index is 1.66. The zero-order valence-electron chi connectivity index (χ0n) is 17.1. The lowest BCUT2D eigenvalue weighted by Crippen LogP contribution is -2.27. The Bertz CT molecular complexity index is 1060. The molecule has 3 rings (SSSR count). The number of nitrogens with one attached hydrogen (secondary N) is 2. The molecule has 2 amide bonds. The zero-order valence-corrected chi connectivity index (χ0v) is 17.9. The smallest absolute Gasteiger partial charge is 0.255 e. The second-order valence-electron chi connectivity index (χ2n) is 7.18. The van der Waals surface area contributed by atoms with Crippen LogP contribution in [0.15, 0.2) is 54.7 Å². The van der Waals surface area contributed by atoms with E-state index in [1.165, 1.54) is 6.20 Å². The molecule has 0 aliphatic carbocycles. The molecular formula is C22H24ClN5O2. The summed E-state index contributed by atoms with van der Waals surface area (Å²) < 4.78 is 1.65. The molecule has 3 aromatic rings. The van der Waals surface area contributed by atoms with E-state index in [9.17, 15) is 9.59 Å². The van der Waals surface area contributed by atoms with Crippen LogP contribution in [0.4, 0.5) is 5.69 Å². The van der Waals surface area contributed by atoms with E-state index in [1.54, 1.807) is 15.6 Å². The van der Waals surface area contributed by atoms with Crippen LogP contribution in [0.25, 0.3) is 5.69 Å². The number of rotatable bonds is 7. The van der Waals surface area contributed by atoms with Gasteiger partial charge in [-0.1, -0.05) is 35.9 Å². The molecule has 0 aliphatic heterocycles. The molecule has 0 unspecified atom stereocenters. The van der Waals surface area contributed by atoms with Crippen molar-refractivity contribution in [3.63, 3.8) is 0 Å². The first kappa shape index (κ1) is 21.5. The van der Waals surface area contributed by atoms with E-state index in [-0.39, 0.29) is 11.8 Å². The molecule has 0 atom stereocenters. The molecular weight excluding hydrogens is 402 g/mol. The number of likely N-dealkylation sites (N-methyl/N-ethyl adjacent to an activating group) is 1. The highest BCUT2D eigenvalue weighted by Gasteiger charge is 2.16. The van der Waals surface area contributed by atoms with Gasteiger partial charge in [-0.05, 0) is 50.8 Å². The highest BCUT2D eigenvalue weighted by atomic mass is 35.5. The lowest BCUT2D eigenvalue weighted by atomic mass is 10.2. The van der Waals surface area contributed by atoms with Gasteiger partial charge in [-0.2, -0.15) is 5.10 Å². The second-order valence-corrected chi connectivity index (χ2v) is 7.58. The number of carbonyl (C=O) groups excluding carboxylic acids is 2. The summed E-state index contributed by atoms with van der Waals surface area (Å²) >= 11 is 6.25. The van der Waals surface area contributed by atoms with Crippen LogP contribution in [-0.4, -0.2) is 47.1 Å². The van der Waals surface area contributed by atoms with Crippen LogP contribution in [0.1, 0.15) is 21.6 Å². The fourth-order valence-corrected chi connectivity index (χ4v) is 3.24. The molecule has 2 aromatic carbocycles. The molecule has 1 aromatic heterocycles. The number of nitrogens with zero attached hydrogens (tertiary/aromatic N) is 3. The van der Waals surface area contributed by atoms with E-state index < -0.39 is 0 Å². The van der Waals surface area contributed by atoms with Crippen LogP contribution in [-0.2, 0) is 11.3 Å². The molecule has 0 fully saturated rings. The van der Waals surface area contributed by atoms with Gasteiger partial charge < -0.3 is 15.5 Å².